The lowest BCUT2D eigenvalue weighted by Gasteiger charge is -2.21. The molecule has 0 bridgehead atoms. The molecule has 1 aromatic carbocycles. The van der Waals surface area contributed by atoms with Crippen LogP contribution in [0.2, 0.25) is 0 Å². The zero-order chi connectivity index (χ0) is 12.9. The highest BCUT2D eigenvalue weighted by Gasteiger charge is 2.14. The topological polar surface area (TPSA) is 26.0 Å². The minimum Gasteiger partial charge on any atom is -0.325 e. The summed E-state index contributed by atoms with van der Waals surface area (Å²) in [5.41, 5.74) is 11.4. The maximum atomic E-state index is 6.04. The van der Waals surface area contributed by atoms with Crippen LogP contribution < -0.4 is 5.73 Å². The van der Waals surface area contributed by atoms with Crippen molar-refractivity contribution < 1.29 is 0 Å². The van der Waals surface area contributed by atoms with Crippen LogP contribution in [0.1, 0.15) is 49.9 Å². The van der Waals surface area contributed by atoms with Gasteiger partial charge in [0, 0.05) is 5.54 Å². The first-order valence-electron chi connectivity index (χ1n) is 6.15. The maximum Gasteiger partial charge on any atom is 0.0138 e. The molecule has 92 valence electrons. The summed E-state index contributed by atoms with van der Waals surface area (Å²) in [5, 5.41) is 0. The minimum atomic E-state index is -0.120. The van der Waals surface area contributed by atoms with Crippen molar-refractivity contribution in [3.63, 3.8) is 0 Å². The van der Waals surface area contributed by atoms with Crippen LogP contribution in [0.15, 0.2) is 12.1 Å². The van der Waals surface area contributed by atoms with E-state index in [0.717, 1.165) is 6.42 Å². The Bertz CT molecular complexity index is 309. The van der Waals surface area contributed by atoms with Gasteiger partial charge in [0.05, 0.1) is 0 Å². The van der Waals surface area contributed by atoms with Crippen LogP contribution >= 0.6 is 0 Å². The van der Waals surface area contributed by atoms with E-state index < -0.39 is 0 Å². The average molecular weight is 221 g/mol. The van der Waals surface area contributed by atoms with E-state index in [2.05, 4.69) is 46.8 Å². The van der Waals surface area contributed by atoms with Crippen LogP contribution in [0, 0.1) is 20.8 Å². The van der Waals surface area contributed by atoms with E-state index >= 15 is 0 Å². The highest BCUT2D eigenvalue weighted by Crippen LogP contribution is 2.20. The van der Waals surface area contributed by atoms with Crippen molar-refractivity contribution in [2.24, 2.45) is 5.73 Å². The van der Waals surface area contributed by atoms with Gasteiger partial charge < -0.3 is 5.73 Å². The van der Waals surface area contributed by atoms with Crippen molar-refractivity contribution in [1.29, 1.82) is 0 Å². The van der Waals surface area contributed by atoms with Gasteiger partial charge in [-0.25, -0.2) is 0 Å². The number of nitrogens with two attached hydrogens (primary N) is 1. The molecule has 0 saturated carbocycles. The van der Waals surface area contributed by atoms with Crippen molar-refractivity contribution in [3.8, 4) is 0 Å². The summed E-state index contributed by atoms with van der Waals surface area (Å²) in [6.45, 7) is 14.6. The first-order chi connectivity index (χ1) is 7.29. The lowest BCUT2D eigenvalue weighted by molar-refractivity contribution is 0.514. The molecule has 0 atom stereocenters. The predicted molar refractivity (Wildman–Crippen MR) is 74.0 cm³/mol. The molecule has 2 N–H and O–H groups in total. The molecule has 1 rings (SSSR count). The third kappa shape index (κ3) is 4.80. The monoisotopic (exact) mass is 221 g/mol. The summed E-state index contributed by atoms with van der Waals surface area (Å²) in [6, 6.07) is 4.46. The van der Waals surface area contributed by atoms with Crippen molar-refractivity contribution in [2.75, 3.05) is 0 Å². The summed E-state index contributed by atoms with van der Waals surface area (Å²) in [6.07, 6.45) is 0.949. The van der Waals surface area contributed by atoms with Crippen LogP contribution in [-0.4, -0.2) is 5.54 Å². The molecular weight excluding hydrogens is 194 g/mol. The lowest BCUT2D eigenvalue weighted by atomic mass is 9.89. The quantitative estimate of drug-likeness (QED) is 0.805. The molecule has 0 aromatic heterocycles. The van der Waals surface area contributed by atoms with Gasteiger partial charge in [0.2, 0.25) is 0 Å². The van der Waals surface area contributed by atoms with Gasteiger partial charge in [0.1, 0.15) is 0 Å². The third-order valence-electron chi connectivity index (χ3n) is 2.47. The Kier molecular flexibility index (Phi) is 5.74. The number of hydrogen-bond donors (Lipinski definition) is 1. The molecule has 1 nitrogen and oxygen atoms in total. The number of aryl methyl sites for hydroxylation is 3. The molecule has 0 aliphatic rings. The van der Waals surface area contributed by atoms with E-state index in [1.165, 1.54) is 22.3 Å². The van der Waals surface area contributed by atoms with E-state index in [1.54, 1.807) is 0 Å². The van der Waals surface area contributed by atoms with E-state index in [1.807, 2.05) is 13.8 Å². The van der Waals surface area contributed by atoms with Gasteiger partial charge in [0.15, 0.2) is 0 Å². The summed E-state index contributed by atoms with van der Waals surface area (Å²) in [7, 11) is 0. The molecule has 1 aromatic rings. The van der Waals surface area contributed by atoms with Gasteiger partial charge >= 0.3 is 0 Å². The van der Waals surface area contributed by atoms with Gasteiger partial charge in [-0.2, -0.15) is 0 Å². The maximum absolute atomic E-state index is 6.04. The minimum absolute atomic E-state index is 0.120. The third-order valence-corrected chi connectivity index (χ3v) is 2.47. The van der Waals surface area contributed by atoms with E-state index in [9.17, 15) is 0 Å². The Labute approximate surface area is 101 Å². The predicted octanol–water partition coefficient (Wildman–Crippen LogP) is 3.92. The molecule has 0 spiro atoms. The van der Waals surface area contributed by atoms with Crippen LogP contribution in [0.3, 0.4) is 0 Å². The second-order valence-electron chi connectivity index (χ2n) is 5.04. The summed E-state index contributed by atoms with van der Waals surface area (Å²) in [5.74, 6) is 0. The van der Waals surface area contributed by atoms with Crippen LogP contribution in [0.5, 0.6) is 0 Å². The van der Waals surface area contributed by atoms with Crippen molar-refractivity contribution >= 4 is 0 Å². The highest BCUT2D eigenvalue weighted by molar-refractivity contribution is 5.38. The largest absolute Gasteiger partial charge is 0.325 e. The molecule has 1 heteroatoms. The van der Waals surface area contributed by atoms with Gasteiger partial charge in [-0.15, -0.1) is 0 Å². The molecule has 16 heavy (non-hydrogen) atoms. The van der Waals surface area contributed by atoms with Crippen LogP contribution in [0.4, 0.5) is 0 Å². The standard InChI is InChI=1S/C13H21N.C2H6/c1-9-6-10(2)12(11(3)7-9)8-13(4,5)14;1-2/h6-7H,8,14H2,1-5H3;1-2H3. The number of benzene rings is 1. The Morgan fingerprint density at radius 2 is 1.38 bits per heavy atom. The molecular formula is C15H27N. The smallest absolute Gasteiger partial charge is 0.0138 e. The molecule has 0 heterocycles. The Balaban J connectivity index is 0.00000106. The van der Waals surface area contributed by atoms with E-state index in [4.69, 9.17) is 5.73 Å². The number of rotatable bonds is 2. The van der Waals surface area contributed by atoms with Crippen LogP contribution in [-0.2, 0) is 6.42 Å². The molecule has 0 unspecified atom stereocenters. The van der Waals surface area contributed by atoms with Gasteiger partial charge in [-0.3, -0.25) is 0 Å². The van der Waals surface area contributed by atoms with E-state index in [-0.39, 0.29) is 5.54 Å². The first-order valence-corrected chi connectivity index (χ1v) is 6.15. The number of hydrogen-bond acceptors (Lipinski definition) is 1. The lowest BCUT2D eigenvalue weighted by Crippen LogP contribution is -2.35. The zero-order valence-electron chi connectivity index (χ0n) is 11.9. The molecule has 0 saturated heterocycles. The van der Waals surface area contributed by atoms with Crippen molar-refractivity contribution in [2.45, 2.75) is 60.4 Å². The molecule has 0 amide bonds. The molecule has 0 aliphatic heterocycles. The summed E-state index contributed by atoms with van der Waals surface area (Å²) < 4.78 is 0. The Morgan fingerprint density at radius 1 is 1.00 bits per heavy atom. The Hall–Kier alpha value is -0.820. The fourth-order valence-electron chi connectivity index (χ4n) is 1.94. The normalized spacial score (nSPS) is 10.8. The zero-order valence-corrected chi connectivity index (χ0v) is 11.9. The fourth-order valence-corrected chi connectivity index (χ4v) is 1.94. The van der Waals surface area contributed by atoms with E-state index in [0.29, 0.717) is 0 Å². The second-order valence-corrected chi connectivity index (χ2v) is 5.04. The second kappa shape index (κ2) is 6.05. The molecule has 0 aliphatic carbocycles. The molecule has 0 radical (unpaired) electrons. The average Bonchev–Trinajstić information content (AvgIpc) is 2.13. The van der Waals surface area contributed by atoms with Gasteiger partial charge in [-0.1, -0.05) is 31.5 Å². The first kappa shape index (κ1) is 15.2. The fraction of sp³-hybridized carbons (Fsp3) is 0.600. The summed E-state index contributed by atoms with van der Waals surface area (Å²) in [4.78, 5) is 0. The SMILES string of the molecule is CC.Cc1cc(C)c(CC(C)(C)N)c(C)c1. The van der Waals surface area contributed by atoms with Crippen molar-refractivity contribution in [3.05, 3.63) is 34.4 Å². The van der Waals surface area contributed by atoms with Crippen LogP contribution in [0.25, 0.3) is 0 Å². The summed E-state index contributed by atoms with van der Waals surface area (Å²) >= 11 is 0. The van der Waals surface area contributed by atoms with Gasteiger partial charge in [0.25, 0.3) is 0 Å². The Morgan fingerprint density at radius 3 is 1.69 bits per heavy atom. The molecule has 0 fully saturated rings. The van der Waals surface area contributed by atoms with Crippen molar-refractivity contribution in [1.82, 2.24) is 0 Å². The highest BCUT2D eigenvalue weighted by atomic mass is 14.7. The van der Waals surface area contributed by atoms with Gasteiger partial charge in [-0.05, 0) is 57.7 Å².